The fourth-order valence-corrected chi connectivity index (χ4v) is 3.59. The second-order valence-electron chi connectivity index (χ2n) is 6.45. The molecule has 0 aromatic carbocycles. The lowest BCUT2D eigenvalue weighted by molar-refractivity contribution is -0.136. The quantitative estimate of drug-likeness (QED) is 0.822. The van der Waals surface area contributed by atoms with Crippen molar-refractivity contribution in [1.29, 1.82) is 0 Å². The van der Waals surface area contributed by atoms with Crippen molar-refractivity contribution >= 4 is 16.9 Å². The van der Waals surface area contributed by atoms with Crippen molar-refractivity contribution in [2.75, 3.05) is 26.3 Å². The highest BCUT2D eigenvalue weighted by molar-refractivity contribution is 5.79. The minimum atomic E-state index is -0.0536. The maximum atomic E-state index is 12.6. The molecule has 4 heterocycles. The molecular formula is C17H20N4O3. The van der Waals surface area contributed by atoms with Crippen LogP contribution in [0.2, 0.25) is 0 Å². The van der Waals surface area contributed by atoms with Crippen LogP contribution in [-0.2, 0) is 9.53 Å². The summed E-state index contributed by atoms with van der Waals surface area (Å²) in [6.45, 7) is 2.58. The van der Waals surface area contributed by atoms with E-state index in [4.69, 9.17) is 4.74 Å². The van der Waals surface area contributed by atoms with Gasteiger partial charge in [0.2, 0.25) is 5.91 Å². The molecule has 126 valence electrons. The second kappa shape index (κ2) is 6.32. The number of piperidine rings is 1. The first-order valence-corrected chi connectivity index (χ1v) is 8.42. The summed E-state index contributed by atoms with van der Waals surface area (Å²) in [7, 11) is 0. The lowest BCUT2D eigenvalue weighted by Crippen LogP contribution is -2.43. The Labute approximate surface area is 139 Å². The van der Waals surface area contributed by atoms with Gasteiger partial charge in [0.25, 0.3) is 5.56 Å². The Balaban J connectivity index is 1.49. The molecule has 24 heavy (non-hydrogen) atoms. The van der Waals surface area contributed by atoms with E-state index in [0.717, 1.165) is 19.3 Å². The van der Waals surface area contributed by atoms with Gasteiger partial charge in [0.05, 0.1) is 17.9 Å². The number of fused-ring (bicyclic) bond motifs is 1. The van der Waals surface area contributed by atoms with E-state index in [1.807, 2.05) is 4.90 Å². The molecule has 7 heteroatoms. The van der Waals surface area contributed by atoms with E-state index >= 15 is 0 Å². The van der Waals surface area contributed by atoms with Crippen molar-refractivity contribution in [2.24, 2.45) is 5.92 Å². The third-order valence-corrected chi connectivity index (χ3v) is 5.00. The summed E-state index contributed by atoms with van der Waals surface area (Å²) in [6.07, 6.45) is 5.58. The van der Waals surface area contributed by atoms with Crippen molar-refractivity contribution in [2.45, 2.75) is 25.3 Å². The Bertz CT molecular complexity index is 805. The molecule has 0 spiro atoms. The molecule has 0 unspecified atom stereocenters. The maximum Gasteiger partial charge on any atom is 0.263 e. The largest absolute Gasteiger partial charge is 0.381 e. The van der Waals surface area contributed by atoms with Gasteiger partial charge in [-0.3, -0.25) is 14.2 Å². The van der Waals surface area contributed by atoms with Crippen LogP contribution in [0.3, 0.4) is 0 Å². The number of hydrogen-bond donors (Lipinski definition) is 0. The molecule has 2 aliphatic heterocycles. The van der Waals surface area contributed by atoms with Gasteiger partial charge in [-0.25, -0.2) is 9.97 Å². The van der Waals surface area contributed by atoms with Crippen molar-refractivity contribution in [3.05, 3.63) is 35.0 Å². The third-order valence-electron chi connectivity index (χ3n) is 5.00. The highest BCUT2D eigenvalue weighted by Crippen LogP contribution is 2.24. The molecule has 4 rings (SSSR count). The number of pyridine rings is 1. The molecule has 2 fully saturated rings. The number of carbonyl (C=O) groups excluding carboxylic acids is 1. The van der Waals surface area contributed by atoms with Gasteiger partial charge in [-0.15, -0.1) is 0 Å². The topological polar surface area (TPSA) is 77.3 Å². The highest BCUT2D eigenvalue weighted by Gasteiger charge is 2.31. The minimum absolute atomic E-state index is 0.0117. The van der Waals surface area contributed by atoms with Crippen LogP contribution < -0.4 is 5.56 Å². The molecule has 2 aromatic heterocycles. The van der Waals surface area contributed by atoms with Crippen LogP contribution in [0, 0.1) is 5.92 Å². The molecule has 2 aromatic rings. The molecule has 2 saturated heterocycles. The van der Waals surface area contributed by atoms with Crippen LogP contribution in [0.1, 0.15) is 25.3 Å². The molecule has 7 nitrogen and oxygen atoms in total. The lowest BCUT2D eigenvalue weighted by Gasteiger charge is -2.34. The number of rotatable bonds is 2. The Hall–Kier alpha value is -2.28. The van der Waals surface area contributed by atoms with Crippen LogP contribution in [0.25, 0.3) is 11.0 Å². The van der Waals surface area contributed by atoms with E-state index in [0.29, 0.717) is 37.3 Å². The Morgan fingerprint density at radius 2 is 2.04 bits per heavy atom. The Morgan fingerprint density at radius 3 is 2.79 bits per heavy atom. The zero-order valence-electron chi connectivity index (χ0n) is 13.4. The number of likely N-dealkylation sites (tertiary alicyclic amines) is 1. The SMILES string of the molecule is O=C([C@@H]1CCOC1)N1CCC(n2cnc3ncccc3c2=O)CC1. The molecule has 2 aliphatic rings. The zero-order chi connectivity index (χ0) is 16.5. The number of aromatic nitrogens is 3. The summed E-state index contributed by atoms with van der Waals surface area (Å²) >= 11 is 0. The summed E-state index contributed by atoms with van der Waals surface area (Å²) < 4.78 is 7.01. The Kier molecular flexibility index (Phi) is 4.02. The van der Waals surface area contributed by atoms with Gasteiger partial charge in [-0.2, -0.15) is 0 Å². The second-order valence-corrected chi connectivity index (χ2v) is 6.45. The minimum Gasteiger partial charge on any atom is -0.381 e. The summed E-state index contributed by atoms with van der Waals surface area (Å²) in [5.41, 5.74) is 0.426. The van der Waals surface area contributed by atoms with E-state index < -0.39 is 0 Å². The smallest absolute Gasteiger partial charge is 0.263 e. The fraction of sp³-hybridized carbons (Fsp3) is 0.529. The van der Waals surface area contributed by atoms with Gasteiger partial charge in [-0.05, 0) is 31.4 Å². The van der Waals surface area contributed by atoms with E-state index in [1.54, 1.807) is 29.2 Å². The van der Waals surface area contributed by atoms with Gasteiger partial charge in [0.1, 0.15) is 6.33 Å². The van der Waals surface area contributed by atoms with Gasteiger partial charge in [0.15, 0.2) is 5.65 Å². The lowest BCUT2D eigenvalue weighted by atomic mass is 10.0. The molecule has 0 bridgehead atoms. The molecule has 1 amide bonds. The molecule has 0 saturated carbocycles. The molecule has 0 N–H and O–H groups in total. The highest BCUT2D eigenvalue weighted by atomic mass is 16.5. The van der Waals surface area contributed by atoms with Crippen LogP contribution in [0.5, 0.6) is 0 Å². The normalized spacial score (nSPS) is 22.2. The molecular weight excluding hydrogens is 308 g/mol. The third kappa shape index (κ3) is 2.69. The molecule has 0 aliphatic carbocycles. The number of hydrogen-bond acceptors (Lipinski definition) is 5. The standard InChI is InChI=1S/C17H20N4O3/c22-16(12-5-9-24-10-12)20-7-3-13(4-8-20)21-11-19-15-14(17(21)23)2-1-6-18-15/h1-2,6,11-13H,3-5,7-10H2/t12-/m1/s1. The first kappa shape index (κ1) is 15.3. The first-order valence-electron chi connectivity index (χ1n) is 8.42. The Morgan fingerprint density at radius 1 is 1.21 bits per heavy atom. The van der Waals surface area contributed by atoms with Crippen molar-refractivity contribution in [3.63, 3.8) is 0 Å². The summed E-state index contributed by atoms with van der Waals surface area (Å²) in [6, 6.07) is 3.59. The average Bonchev–Trinajstić information content (AvgIpc) is 3.17. The molecule has 0 radical (unpaired) electrons. The first-order chi connectivity index (χ1) is 11.7. The van der Waals surface area contributed by atoms with Gasteiger partial charge >= 0.3 is 0 Å². The number of carbonyl (C=O) groups is 1. The van der Waals surface area contributed by atoms with Gasteiger partial charge < -0.3 is 9.64 Å². The predicted molar refractivity (Wildman–Crippen MR) is 87.6 cm³/mol. The van der Waals surface area contributed by atoms with Crippen LogP contribution in [0.4, 0.5) is 0 Å². The van der Waals surface area contributed by atoms with E-state index in [1.165, 1.54) is 0 Å². The average molecular weight is 328 g/mol. The van der Waals surface area contributed by atoms with Crippen molar-refractivity contribution < 1.29 is 9.53 Å². The number of amides is 1. The van der Waals surface area contributed by atoms with E-state index in [2.05, 4.69) is 9.97 Å². The van der Waals surface area contributed by atoms with E-state index in [9.17, 15) is 9.59 Å². The summed E-state index contributed by atoms with van der Waals surface area (Å²) in [4.78, 5) is 35.4. The fourth-order valence-electron chi connectivity index (χ4n) is 3.59. The predicted octanol–water partition coefficient (Wildman–Crippen LogP) is 0.991. The van der Waals surface area contributed by atoms with Crippen LogP contribution in [-0.4, -0.2) is 51.6 Å². The summed E-state index contributed by atoms with van der Waals surface area (Å²) in [5, 5.41) is 0.543. The summed E-state index contributed by atoms with van der Waals surface area (Å²) in [5.74, 6) is 0.205. The maximum absolute atomic E-state index is 12.6. The van der Waals surface area contributed by atoms with Gasteiger partial charge in [0, 0.05) is 31.9 Å². The van der Waals surface area contributed by atoms with Crippen LogP contribution in [0.15, 0.2) is 29.5 Å². The molecule has 1 atom stereocenters. The zero-order valence-corrected chi connectivity index (χ0v) is 13.4. The number of nitrogens with zero attached hydrogens (tertiary/aromatic N) is 4. The monoisotopic (exact) mass is 328 g/mol. The van der Waals surface area contributed by atoms with Crippen molar-refractivity contribution in [3.8, 4) is 0 Å². The van der Waals surface area contributed by atoms with Gasteiger partial charge in [-0.1, -0.05) is 0 Å². The van der Waals surface area contributed by atoms with E-state index in [-0.39, 0.29) is 23.4 Å². The number of ether oxygens (including phenoxy) is 1. The van der Waals surface area contributed by atoms with Crippen LogP contribution >= 0.6 is 0 Å². The van der Waals surface area contributed by atoms with Crippen molar-refractivity contribution in [1.82, 2.24) is 19.4 Å².